The SMILES string of the molecule is CC[C@@H](C(=O)NCC(C)(C)C)C(C)(C)C. The van der Waals surface area contributed by atoms with Gasteiger partial charge in [0.05, 0.1) is 0 Å². The van der Waals surface area contributed by atoms with E-state index >= 15 is 0 Å². The van der Waals surface area contributed by atoms with Crippen molar-refractivity contribution in [3.05, 3.63) is 0 Å². The third-order valence-electron chi connectivity index (χ3n) is 2.56. The lowest BCUT2D eigenvalue weighted by molar-refractivity contribution is -0.128. The number of hydrogen-bond acceptors (Lipinski definition) is 1. The molecule has 0 aliphatic heterocycles. The van der Waals surface area contributed by atoms with E-state index in [2.05, 4.69) is 53.8 Å². The van der Waals surface area contributed by atoms with E-state index in [1.54, 1.807) is 0 Å². The van der Waals surface area contributed by atoms with E-state index in [1.165, 1.54) is 0 Å². The third-order valence-corrected chi connectivity index (χ3v) is 2.56. The molecule has 1 amide bonds. The number of carbonyl (C=O) groups is 1. The lowest BCUT2D eigenvalue weighted by Gasteiger charge is -2.30. The molecule has 0 unspecified atom stereocenters. The highest BCUT2D eigenvalue weighted by atomic mass is 16.1. The Bertz CT molecular complexity index is 208. The van der Waals surface area contributed by atoms with Crippen LogP contribution in [0.1, 0.15) is 54.9 Å². The molecule has 0 aliphatic rings. The molecule has 15 heavy (non-hydrogen) atoms. The molecule has 0 saturated heterocycles. The minimum Gasteiger partial charge on any atom is -0.355 e. The lowest BCUT2D eigenvalue weighted by atomic mass is 9.78. The van der Waals surface area contributed by atoms with Crippen LogP contribution in [0.4, 0.5) is 0 Å². The van der Waals surface area contributed by atoms with Crippen molar-refractivity contribution in [3.63, 3.8) is 0 Å². The van der Waals surface area contributed by atoms with Crippen molar-refractivity contribution >= 4 is 5.91 Å². The van der Waals surface area contributed by atoms with Gasteiger partial charge in [-0.3, -0.25) is 4.79 Å². The maximum absolute atomic E-state index is 12.0. The Morgan fingerprint density at radius 1 is 1.13 bits per heavy atom. The molecule has 0 rings (SSSR count). The first-order valence-electron chi connectivity index (χ1n) is 5.85. The second-order valence-corrected chi connectivity index (χ2v) is 6.61. The molecule has 0 aromatic heterocycles. The highest BCUT2D eigenvalue weighted by Crippen LogP contribution is 2.28. The van der Waals surface area contributed by atoms with Crippen LogP contribution in [0.15, 0.2) is 0 Å². The van der Waals surface area contributed by atoms with Crippen LogP contribution in [0, 0.1) is 16.7 Å². The molecule has 1 atom stereocenters. The van der Waals surface area contributed by atoms with E-state index in [-0.39, 0.29) is 22.7 Å². The molecule has 0 heterocycles. The van der Waals surface area contributed by atoms with E-state index in [4.69, 9.17) is 0 Å². The molecule has 90 valence electrons. The van der Waals surface area contributed by atoms with Gasteiger partial charge in [-0.1, -0.05) is 48.5 Å². The van der Waals surface area contributed by atoms with Gasteiger partial charge in [-0.25, -0.2) is 0 Å². The zero-order valence-corrected chi connectivity index (χ0v) is 11.4. The van der Waals surface area contributed by atoms with E-state index in [1.807, 2.05) is 0 Å². The van der Waals surface area contributed by atoms with Crippen molar-refractivity contribution in [2.24, 2.45) is 16.7 Å². The summed E-state index contributed by atoms with van der Waals surface area (Å²) in [4.78, 5) is 12.0. The highest BCUT2D eigenvalue weighted by molar-refractivity contribution is 5.79. The van der Waals surface area contributed by atoms with Gasteiger partial charge in [-0.2, -0.15) is 0 Å². The first kappa shape index (κ1) is 14.5. The van der Waals surface area contributed by atoms with Crippen LogP contribution in [-0.4, -0.2) is 12.5 Å². The quantitative estimate of drug-likeness (QED) is 0.766. The molecule has 0 saturated carbocycles. The molecule has 0 radical (unpaired) electrons. The van der Waals surface area contributed by atoms with Gasteiger partial charge in [0, 0.05) is 12.5 Å². The van der Waals surface area contributed by atoms with Gasteiger partial charge in [-0.15, -0.1) is 0 Å². The average molecular weight is 213 g/mol. The molecule has 2 heteroatoms. The summed E-state index contributed by atoms with van der Waals surface area (Å²) in [5.41, 5.74) is 0.211. The zero-order valence-electron chi connectivity index (χ0n) is 11.4. The average Bonchev–Trinajstić information content (AvgIpc) is 1.98. The van der Waals surface area contributed by atoms with Gasteiger partial charge in [0.15, 0.2) is 0 Å². The van der Waals surface area contributed by atoms with Crippen LogP contribution >= 0.6 is 0 Å². The summed E-state index contributed by atoms with van der Waals surface area (Å²) >= 11 is 0. The molecule has 0 spiro atoms. The first-order valence-corrected chi connectivity index (χ1v) is 5.85. The van der Waals surface area contributed by atoms with Crippen LogP contribution in [-0.2, 0) is 4.79 Å². The Morgan fingerprint density at radius 3 is 1.87 bits per heavy atom. The Morgan fingerprint density at radius 2 is 1.60 bits per heavy atom. The summed E-state index contributed by atoms with van der Waals surface area (Å²) in [6, 6.07) is 0. The van der Waals surface area contributed by atoms with Crippen molar-refractivity contribution in [3.8, 4) is 0 Å². The zero-order chi connectivity index (χ0) is 12.3. The fourth-order valence-electron chi connectivity index (χ4n) is 1.67. The molecular weight excluding hydrogens is 186 g/mol. The number of carbonyl (C=O) groups excluding carboxylic acids is 1. The molecule has 0 aromatic carbocycles. The standard InChI is InChI=1S/C13H27NO/c1-8-10(13(5,6)7)11(15)14-9-12(2,3)4/h10H,8-9H2,1-7H3,(H,14,15)/t10-/m0/s1. The molecule has 0 bridgehead atoms. The number of amides is 1. The monoisotopic (exact) mass is 213 g/mol. The fourth-order valence-corrected chi connectivity index (χ4v) is 1.67. The Labute approximate surface area is 94.8 Å². The summed E-state index contributed by atoms with van der Waals surface area (Å²) in [6.07, 6.45) is 0.902. The van der Waals surface area contributed by atoms with Crippen LogP contribution in [0.3, 0.4) is 0 Å². The normalized spacial score (nSPS) is 14.9. The molecule has 1 N–H and O–H groups in total. The molecular formula is C13H27NO. The molecule has 0 aromatic rings. The fraction of sp³-hybridized carbons (Fsp3) is 0.923. The summed E-state index contributed by atoms with van der Waals surface area (Å²) < 4.78 is 0. The Balaban J connectivity index is 4.31. The topological polar surface area (TPSA) is 29.1 Å². The maximum Gasteiger partial charge on any atom is 0.223 e. The van der Waals surface area contributed by atoms with E-state index in [0.717, 1.165) is 13.0 Å². The van der Waals surface area contributed by atoms with Crippen molar-refractivity contribution in [1.82, 2.24) is 5.32 Å². The smallest absolute Gasteiger partial charge is 0.223 e. The van der Waals surface area contributed by atoms with E-state index in [0.29, 0.717) is 0 Å². The van der Waals surface area contributed by atoms with Crippen LogP contribution in [0.5, 0.6) is 0 Å². The van der Waals surface area contributed by atoms with Gasteiger partial charge in [0.25, 0.3) is 0 Å². The van der Waals surface area contributed by atoms with Gasteiger partial charge in [0.1, 0.15) is 0 Å². The minimum atomic E-state index is 0.0523. The third kappa shape index (κ3) is 5.81. The predicted octanol–water partition coefficient (Wildman–Crippen LogP) is 3.22. The van der Waals surface area contributed by atoms with Gasteiger partial charge in [-0.05, 0) is 17.3 Å². The molecule has 0 fully saturated rings. The number of nitrogens with one attached hydrogen (secondary N) is 1. The summed E-state index contributed by atoms with van der Waals surface area (Å²) in [5.74, 6) is 0.305. The second kappa shape index (κ2) is 5.00. The van der Waals surface area contributed by atoms with Crippen molar-refractivity contribution < 1.29 is 4.79 Å². The van der Waals surface area contributed by atoms with Crippen molar-refractivity contribution in [1.29, 1.82) is 0 Å². The molecule has 2 nitrogen and oxygen atoms in total. The maximum atomic E-state index is 12.0. The number of rotatable bonds is 3. The van der Waals surface area contributed by atoms with Gasteiger partial charge >= 0.3 is 0 Å². The largest absolute Gasteiger partial charge is 0.355 e. The summed E-state index contributed by atoms with van der Waals surface area (Å²) in [5, 5.41) is 3.04. The van der Waals surface area contributed by atoms with Crippen LogP contribution in [0.25, 0.3) is 0 Å². The van der Waals surface area contributed by atoms with Crippen LogP contribution in [0.2, 0.25) is 0 Å². The van der Waals surface area contributed by atoms with E-state index < -0.39 is 0 Å². The minimum absolute atomic E-state index is 0.0523. The van der Waals surface area contributed by atoms with E-state index in [9.17, 15) is 4.79 Å². The highest BCUT2D eigenvalue weighted by Gasteiger charge is 2.29. The van der Waals surface area contributed by atoms with Gasteiger partial charge in [0.2, 0.25) is 5.91 Å². The second-order valence-electron chi connectivity index (χ2n) is 6.61. The van der Waals surface area contributed by atoms with Crippen LogP contribution < -0.4 is 5.32 Å². The summed E-state index contributed by atoms with van der Waals surface area (Å²) in [7, 11) is 0. The first-order chi connectivity index (χ1) is 6.58. The number of hydrogen-bond donors (Lipinski definition) is 1. The lowest BCUT2D eigenvalue weighted by Crippen LogP contribution is -2.41. The van der Waals surface area contributed by atoms with Gasteiger partial charge < -0.3 is 5.32 Å². The Hall–Kier alpha value is -0.530. The van der Waals surface area contributed by atoms with Crippen molar-refractivity contribution in [2.45, 2.75) is 54.9 Å². The van der Waals surface area contributed by atoms with Crippen molar-refractivity contribution in [2.75, 3.05) is 6.54 Å². The summed E-state index contributed by atoms with van der Waals surface area (Å²) in [6.45, 7) is 15.6. The molecule has 0 aliphatic carbocycles. The Kier molecular flexibility index (Phi) is 4.82. The predicted molar refractivity (Wildman–Crippen MR) is 65.7 cm³/mol.